The van der Waals surface area contributed by atoms with Crippen molar-refractivity contribution in [2.45, 2.75) is 29.5 Å². The van der Waals surface area contributed by atoms with Crippen LogP contribution in [-0.4, -0.2) is 34.8 Å². The predicted octanol–water partition coefficient (Wildman–Crippen LogP) is 5.37. The fraction of sp³-hybridized carbons (Fsp3) is 0.222. The highest BCUT2D eigenvalue weighted by Gasteiger charge is 2.43. The summed E-state index contributed by atoms with van der Waals surface area (Å²) in [6.07, 6.45) is 1.28. The number of Topliss-reactive ketones (excluding diaryl/α,β-unsaturated/α-hetero) is 1. The van der Waals surface area contributed by atoms with Crippen LogP contribution in [-0.2, 0) is 9.59 Å². The van der Waals surface area contributed by atoms with Crippen LogP contribution in [0.3, 0.4) is 0 Å². The van der Waals surface area contributed by atoms with Crippen LogP contribution in [0.4, 0.5) is 15.2 Å². The minimum absolute atomic E-state index is 0.00147. The second-order valence-electron chi connectivity index (χ2n) is 8.84. The number of aromatic nitrogens is 2. The highest BCUT2D eigenvalue weighted by molar-refractivity contribution is 8.01. The molecule has 1 atom stereocenters. The third-order valence-electron chi connectivity index (χ3n) is 6.50. The summed E-state index contributed by atoms with van der Waals surface area (Å²) in [5.74, 6) is -1.49. The van der Waals surface area contributed by atoms with Gasteiger partial charge in [-0.05, 0) is 37.1 Å². The minimum atomic E-state index is -1.03. The molecule has 3 N–H and O–H groups in total. The number of benzene rings is 2. The summed E-state index contributed by atoms with van der Waals surface area (Å²) in [6, 6.07) is 13.4. The number of ketones is 1. The van der Waals surface area contributed by atoms with Crippen LogP contribution in [0.1, 0.15) is 30.7 Å². The average molecular weight is 597 g/mol. The number of nitrogens with two attached hydrogens (primary N) is 1. The van der Waals surface area contributed by atoms with Gasteiger partial charge in [-0.2, -0.15) is 5.26 Å². The van der Waals surface area contributed by atoms with Gasteiger partial charge >= 0.3 is 0 Å². The van der Waals surface area contributed by atoms with Crippen LogP contribution in [0.25, 0.3) is 0 Å². The lowest BCUT2D eigenvalue weighted by Crippen LogP contribution is -2.39. The van der Waals surface area contributed by atoms with Gasteiger partial charge in [0.2, 0.25) is 11.0 Å². The Morgan fingerprint density at radius 2 is 2.10 bits per heavy atom. The van der Waals surface area contributed by atoms with Crippen LogP contribution in [0.5, 0.6) is 5.75 Å². The Kier molecular flexibility index (Phi) is 8.07. The smallest absolute Gasteiger partial charge is 0.234 e. The van der Waals surface area contributed by atoms with Crippen molar-refractivity contribution < 1.29 is 18.7 Å². The topological polar surface area (TPSA) is 134 Å². The zero-order valence-corrected chi connectivity index (χ0v) is 23.5. The molecule has 3 aromatic rings. The van der Waals surface area contributed by atoms with Gasteiger partial charge in [0, 0.05) is 28.3 Å². The van der Waals surface area contributed by atoms with Crippen LogP contribution in [0.2, 0.25) is 5.02 Å². The van der Waals surface area contributed by atoms with E-state index in [2.05, 4.69) is 21.6 Å². The molecule has 1 aliphatic heterocycles. The molecule has 2 heterocycles. The highest BCUT2D eigenvalue weighted by Crippen LogP contribution is 2.49. The van der Waals surface area contributed by atoms with E-state index in [0.29, 0.717) is 39.4 Å². The first-order valence-corrected chi connectivity index (χ1v) is 14.3. The SMILES string of the molecule is COc1ccccc1NC(=O)CSc1nnc(N2C(N)=C(C#N)C(c3c(F)cccc3Cl)C3=C2CCCC3=O)s1. The maximum atomic E-state index is 15.0. The quantitative estimate of drug-likeness (QED) is 0.345. The molecule has 0 spiro atoms. The number of halogens is 2. The number of carbonyl (C=O) groups excluding carboxylic acids is 2. The number of methoxy groups -OCH3 is 1. The standard InChI is InChI=1S/C27H22ClFN6O3S2/c1-38-20-11-3-2-8-17(20)32-21(37)13-39-27-34-33-26(40-27)35-18-9-5-10-19(36)24(18)22(14(12-30)25(35)31)23-15(28)6-4-7-16(23)29/h2-4,6-8,11,22H,5,9-10,13,31H2,1H3,(H,32,37). The average Bonchev–Trinajstić information content (AvgIpc) is 3.40. The molecule has 1 amide bonds. The van der Waals surface area contributed by atoms with Crippen molar-refractivity contribution in [1.82, 2.24) is 10.2 Å². The third-order valence-corrected chi connectivity index (χ3v) is 8.87. The first kappa shape index (κ1) is 27.6. The summed E-state index contributed by atoms with van der Waals surface area (Å²) in [5.41, 5.74) is 7.94. The van der Waals surface area contributed by atoms with Crippen molar-refractivity contribution in [2.24, 2.45) is 5.73 Å². The number of allylic oxidation sites excluding steroid dienone is 3. The van der Waals surface area contributed by atoms with Crippen LogP contribution in [0.15, 0.2) is 69.5 Å². The van der Waals surface area contributed by atoms with Crippen LogP contribution in [0, 0.1) is 17.1 Å². The summed E-state index contributed by atoms with van der Waals surface area (Å²) in [5, 5.41) is 21.8. The molecule has 0 bridgehead atoms. The van der Waals surface area contributed by atoms with E-state index in [-0.39, 0.29) is 51.4 Å². The molecule has 1 aliphatic carbocycles. The number of amides is 1. The Morgan fingerprint density at radius 3 is 2.85 bits per heavy atom. The zero-order valence-electron chi connectivity index (χ0n) is 21.1. The number of ether oxygens (including phenoxy) is 1. The van der Waals surface area contributed by atoms with E-state index in [1.807, 2.05) is 0 Å². The van der Waals surface area contributed by atoms with Gasteiger partial charge in [-0.15, -0.1) is 10.2 Å². The molecule has 40 heavy (non-hydrogen) atoms. The van der Waals surface area contributed by atoms with Crippen molar-refractivity contribution in [2.75, 3.05) is 23.1 Å². The zero-order chi connectivity index (χ0) is 28.4. The molecule has 204 valence electrons. The fourth-order valence-corrected chi connectivity index (χ4v) is 6.75. The molecule has 1 aromatic heterocycles. The number of hydrogen-bond acceptors (Lipinski definition) is 10. The van der Waals surface area contributed by atoms with Gasteiger partial charge in [-0.3, -0.25) is 14.5 Å². The highest BCUT2D eigenvalue weighted by atomic mass is 35.5. The second kappa shape index (κ2) is 11.7. The number of nitriles is 1. The van der Waals surface area contributed by atoms with Crippen LogP contribution < -0.4 is 20.7 Å². The largest absolute Gasteiger partial charge is 0.495 e. The van der Waals surface area contributed by atoms with E-state index in [9.17, 15) is 14.9 Å². The summed E-state index contributed by atoms with van der Waals surface area (Å²) in [4.78, 5) is 27.3. The van der Waals surface area contributed by atoms with Crippen molar-refractivity contribution in [1.29, 1.82) is 5.26 Å². The molecule has 0 fully saturated rings. The van der Waals surface area contributed by atoms with Crippen molar-refractivity contribution >= 4 is 57.2 Å². The van der Waals surface area contributed by atoms with E-state index < -0.39 is 11.7 Å². The van der Waals surface area contributed by atoms with Gasteiger partial charge in [0.15, 0.2) is 10.1 Å². The lowest BCUT2D eigenvalue weighted by atomic mass is 9.75. The van der Waals surface area contributed by atoms with Gasteiger partial charge in [0.1, 0.15) is 17.4 Å². The van der Waals surface area contributed by atoms with Crippen molar-refractivity contribution in [3.8, 4) is 11.8 Å². The number of rotatable bonds is 7. The third kappa shape index (κ3) is 5.15. The van der Waals surface area contributed by atoms with E-state index >= 15 is 4.39 Å². The predicted molar refractivity (Wildman–Crippen MR) is 152 cm³/mol. The summed E-state index contributed by atoms with van der Waals surface area (Å²) < 4.78 is 20.8. The minimum Gasteiger partial charge on any atom is -0.495 e. The van der Waals surface area contributed by atoms with E-state index in [1.165, 1.54) is 37.1 Å². The Labute approximate surface area is 242 Å². The van der Waals surface area contributed by atoms with Gasteiger partial charge in [0.25, 0.3) is 0 Å². The number of hydrogen-bond donors (Lipinski definition) is 2. The Morgan fingerprint density at radius 1 is 1.30 bits per heavy atom. The Balaban J connectivity index is 1.44. The number of anilines is 2. The van der Waals surface area contributed by atoms with Gasteiger partial charge in [-0.1, -0.05) is 52.9 Å². The lowest BCUT2D eigenvalue weighted by Gasteiger charge is -2.38. The lowest BCUT2D eigenvalue weighted by molar-refractivity contribution is -0.116. The molecule has 13 heteroatoms. The normalized spacial score (nSPS) is 17.0. The maximum Gasteiger partial charge on any atom is 0.234 e. The first-order valence-electron chi connectivity index (χ1n) is 12.1. The molecular weight excluding hydrogens is 575 g/mol. The fourth-order valence-electron chi connectivity index (χ4n) is 4.79. The van der Waals surface area contributed by atoms with Crippen molar-refractivity contribution in [3.63, 3.8) is 0 Å². The van der Waals surface area contributed by atoms with Gasteiger partial charge < -0.3 is 15.8 Å². The molecule has 9 nitrogen and oxygen atoms in total. The molecule has 5 rings (SSSR count). The Bertz CT molecular complexity index is 1600. The number of para-hydroxylation sites is 2. The summed E-state index contributed by atoms with van der Waals surface area (Å²) in [7, 11) is 1.52. The maximum absolute atomic E-state index is 15.0. The van der Waals surface area contributed by atoms with E-state index in [1.54, 1.807) is 29.2 Å². The monoisotopic (exact) mass is 596 g/mol. The molecule has 0 saturated heterocycles. The number of thioether (sulfide) groups is 1. The number of nitrogens with one attached hydrogen (secondary N) is 1. The number of carbonyl (C=O) groups is 2. The summed E-state index contributed by atoms with van der Waals surface area (Å²) >= 11 is 8.72. The molecule has 0 radical (unpaired) electrons. The Hall–Kier alpha value is -3.92. The van der Waals surface area contributed by atoms with Crippen LogP contribution >= 0.6 is 34.7 Å². The molecule has 1 unspecified atom stereocenters. The van der Waals surface area contributed by atoms with Crippen molar-refractivity contribution in [3.05, 3.63) is 81.5 Å². The van der Waals surface area contributed by atoms with Gasteiger partial charge in [0.05, 0.1) is 36.1 Å². The van der Waals surface area contributed by atoms with Gasteiger partial charge in [-0.25, -0.2) is 4.39 Å². The molecule has 2 aromatic carbocycles. The summed E-state index contributed by atoms with van der Waals surface area (Å²) in [6.45, 7) is 0. The number of nitrogens with zero attached hydrogens (tertiary/aromatic N) is 4. The molecular formula is C27H22ClFN6O3S2. The van der Waals surface area contributed by atoms with E-state index in [4.69, 9.17) is 22.1 Å². The van der Waals surface area contributed by atoms with E-state index in [0.717, 1.165) is 11.3 Å². The molecule has 2 aliphatic rings. The second-order valence-corrected chi connectivity index (χ2v) is 11.4. The molecule has 0 saturated carbocycles. The first-order chi connectivity index (χ1) is 19.3.